The highest BCUT2D eigenvalue weighted by Gasteiger charge is 2.20. The highest BCUT2D eigenvalue weighted by atomic mass is 16.5. The van der Waals surface area contributed by atoms with E-state index in [1.165, 1.54) is 71.7 Å². The van der Waals surface area contributed by atoms with Crippen molar-refractivity contribution in [3.63, 3.8) is 0 Å². The molecule has 2 heterocycles. The van der Waals surface area contributed by atoms with E-state index in [-0.39, 0.29) is 6.04 Å². The Morgan fingerprint density at radius 2 is 0.877 bits per heavy atom. The molecule has 2 aromatic heterocycles. The number of rotatable bonds is 8. The van der Waals surface area contributed by atoms with Gasteiger partial charge in [-0.25, -0.2) is 0 Å². The molecular formula is C61H53N3O. The monoisotopic (exact) mass is 843 g/mol. The lowest BCUT2D eigenvalue weighted by molar-refractivity contribution is 0.415. The zero-order chi connectivity index (χ0) is 44.7. The number of nitrogens with zero attached hydrogens (tertiary/aromatic N) is 3. The number of ether oxygens (including phenoxy) is 1. The molecule has 1 aliphatic rings. The van der Waals surface area contributed by atoms with E-state index in [0.717, 1.165) is 29.1 Å². The van der Waals surface area contributed by atoms with E-state index in [1.807, 2.05) is 19.9 Å². The van der Waals surface area contributed by atoms with Crippen LogP contribution in [0.4, 0.5) is 11.4 Å². The molecule has 8 aromatic carbocycles. The highest BCUT2D eigenvalue weighted by molar-refractivity contribution is 6.13. The second-order valence-corrected chi connectivity index (χ2v) is 16.1. The third-order valence-electron chi connectivity index (χ3n) is 11.9. The van der Waals surface area contributed by atoms with E-state index in [4.69, 9.17) is 4.74 Å². The molecule has 0 N–H and O–H groups in total. The van der Waals surface area contributed by atoms with Gasteiger partial charge in [0, 0.05) is 44.3 Å². The molecule has 1 atom stereocenters. The molecule has 4 heteroatoms. The first-order chi connectivity index (χ1) is 32.0. The second kappa shape index (κ2) is 19.1. The van der Waals surface area contributed by atoms with Crippen LogP contribution in [-0.4, -0.2) is 22.3 Å². The number of methoxy groups -OCH3 is 1. The first kappa shape index (κ1) is 42.2. The van der Waals surface area contributed by atoms with Crippen LogP contribution in [0.15, 0.2) is 238 Å². The maximum atomic E-state index is 5.71. The predicted octanol–water partition coefficient (Wildman–Crippen LogP) is 16.6. The van der Waals surface area contributed by atoms with Gasteiger partial charge in [-0.15, -0.1) is 13.2 Å². The maximum Gasteiger partial charge on any atom is 0.119 e. The summed E-state index contributed by atoms with van der Waals surface area (Å²) in [5, 5.41) is 4.81. The van der Waals surface area contributed by atoms with Gasteiger partial charge in [0.2, 0.25) is 0 Å². The Bertz CT molecular complexity index is 3310. The van der Waals surface area contributed by atoms with E-state index in [9.17, 15) is 0 Å². The largest absolute Gasteiger partial charge is 0.497 e. The summed E-state index contributed by atoms with van der Waals surface area (Å²) >= 11 is 0. The van der Waals surface area contributed by atoms with Gasteiger partial charge in [-0.1, -0.05) is 121 Å². The van der Waals surface area contributed by atoms with Gasteiger partial charge in [0.1, 0.15) is 5.75 Å². The van der Waals surface area contributed by atoms with E-state index in [0.29, 0.717) is 0 Å². The van der Waals surface area contributed by atoms with E-state index >= 15 is 0 Å². The molecule has 0 saturated carbocycles. The molecule has 4 nitrogen and oxygen atoms in total. The molecule has 0 amide bonds. The maximum absolute atomic E-state index is 5.71. The molecule has 65 heavy (non-hydrogen) atoms. The van der Waals surface area contributed by atoms with E-state index < -0.39 is 0 Å². The zero-order valence-corrected chi connectivity index (χ0v) is 37.3. The van der Waals surface area contributed by atoms with Crippen molar-refractivity contribution in [2.24, 2.45) is 0 Å². The molecule has 0 spiro atoms. The minimum absolute atomic E-state index is 0.258. The molecule has 0 radical (unpaired) electrons. The van der Waals surface area contributed by atoms with Crippen molar-refractivity contribution < 1.29 is 4.74 Å². The Morgan fingerprint density at radius 3 is 1.32 bits per heavy atom. The van der Waals surface area contributed by atoms with Crippen LogP contribution in [-0.2, 0) is 0 Å². The standard InChI is InChI=1S/C55H41N3O.2C3H6/c1-59-47-29-33-55-51(37-47)50-36-41(26-32-54(50)58(55)45-20-12-5-13-21-45)40-25-31-53-49(35-40)48-34-39(24-30-52(48)57(53)44-18-10-4-11-19-44)38-22-27-46(28-23-38)56(42-14-6-2-7-15-42)43-16-8-3-9-17-43;2*1-3-2/h2-16,18-37,43H,17H2,1H3;2*3H,1H2,2H3. The Hall–Kier alpha value is -8.08. The molecule has 1 unspecified atom stereocenters. The van der Waals surface area contributed by atoms with Gasteiger partial charge in [-0.05, 0) is 146 Å². The lowest BCUT2D eigenvalue weighted by Gasteiger charge is -2.32. The molecule has 11 rings (SSSR count). The summed E-state index contributed by atoms with van der Waals surface area (Å²) in [7, 11) is 1.73. The van der Waals surface area contributed by atoms with Gasteiger partial charge < -0.3 is 18.8 Å². The van der Waals surface area contributed by atoms with Gasteiger partial charge >= 0.3 is 0 Å². The average molecular weight is 844 g/mol. The van der Waals surface area contributed by atoms with Crippen molar-refractivity contribution in [2.75, 3.05) is 12.0 Å². The second-order valence-electron chi connectivity index (χ2n) is 16.1. The molecule has 1 aliphatic carbocycles. The summed E-state index contributed by atoms with van der Waals surface area (Å²) in [6, 6.07) is 68.5. The fourth-order valence-electron chi connectivity index (χ4n) is 9.10. The quantitative estimate of drug-likeness (QED) is 0.142. The zero-order valence-electron chi connectivity index (χ0n) is 37.3. The van der Waals surface area contributed by atoms with Crippen molar-refractivity contribution in [3.8, 4) is 39.4 Å². The minimum atomic E-state index is 0.258. The van der Waals surface area contributed by atoms with Crippen LogP contribution < -0.4 is 9.64 Å². The Morgan fingerprint density at radius 1 is 0.477 bits per heavy atom. The lowest BCUT2D eigenvalue weighted by atomic mass is 9.99. The summed E-state index contributed by atoms with van der Waals surface area (Å²) in [6.07, 6.45) is 13.3. The van der Waals surface area contributed by atoms with Gasteiger partial charge in [-0.2, -0.15) is 0 Å². The topological polar surface area (TPSA) is 22.3 Å². The van der Waals surface area contributed by atoms with Crippen LogP contribution in [0.3, 0.4) is 0 Å². The van der Waals surface area contributed by atoms with Crippen molar-refractivity contribution >= 4 is 55.0 Å². The molecule has 318 valence electrons. The molecule has 0 bridgehead atoms. The van der Waals surface area contributed by atoms with Crippen molar-refractivity contribution in [1.29, 1.82) is 0 Å². The van der Waals surface area contributed by atoms with Gasteiger partial charge in [0.25, 0.3) is 0 Å². The number of hydrogen-bond acceptors (Lipinski definition) is 2. The predicted molar refractivity (Wildman–Crippen MR) is 280 cm³/mol. The van der Waals surface area contributed by atoms with Crippen LogP contribution in [0.1, 0.15) is 20.3 Å². The van der Waals surface area contributed by atoms with Crippen LogP contribution in [0.2, 0.25) is 0 Å². The number of fused-ring (bicyclic) bond motifs is 6. The summed E-state index contributed by atoms with van der Waals surface area (Å²) in [5.41, 5.74) is 14.1. The molecule has 10 aromatic rings. The van der Waals surface area contributed by atoms with E-state index in [2.05, 4.69) is 233 Å². The normalized spacial score (nSPS) is 12.9. The van der Waals surface area contributed by atoms with Crippen LogP contribution >= 0.6 is 0 Å². The van der Waals surface area contributed by atoms with Crippen molar-refractivity contribution in [3.05, 3.63) is 238 Å². The van der Waals surface area contributed by atoms with Crippen LogP contribution in [0, 0.1) is 0 Å². The number of hydrogen-bond donors (Lipinski definition) is 0. The van der Waals surface area contributed by atoms with Crippen LogP contribution in [0.5, 0.6) is 5.75 Å². The highest BCUT2D eigenvalue weighted by Crippen LogP contribution is 2.41. The van der Waals surface area contributed by atoms with Gasteiger partial charge in [0.15, 0.2) is 0 Å². The smallest absolute Gasteiger partial charge is 0.119 e. The van der Waals surface area contributed by atoms with Crippen molar-refractivity contribution in [1.82, 2.24) is 9.13 Å². The minimum Gasteiger partial charge on any atom is -0.497 e. The summed E-state index contributed by atoms with van der Waals surface area (Å²) in [4.78, 5) is 2.44. The first-order valence-electron chi connectivity index (χ1n) is 22.3. The SMILES string of the molecule is C=CC.C=CC.COc1ccc2c(c1)c1cc(-c3ccc4c(c3)c3cc(-c5ccc(N(c6ccccc6)C6C=CC=CC6)cc5)ccc3n4-c3ccccc3)ccc1n2-c1ccccc1. The number of allylic oxidation sites excluding steroid dienone is 4. The third-order valence-corrected chi connectivity index (χ3v) is 11.9. The Labute approximate surface area is 382 Å². The number of anilines is 2. The average Bonchev–Trinajstić information content (AvgIpc) is 3.87. The molecule has 0 saturated heterocycles. The van der Waals surface area contributed by atoms with Gasteiger partial charge in [0.05, 0.1) is 35.2 Å². The summed E-state index contributed by atoms with van der Waals surface area (Å²) in [6.45, 7) is 10.5. The Balaban J connectivity index is 0.000000844. The fraction of sp³-hybridized carbons (Fsp3) is 0.0820. The Kier molecular flexibility index (Phi) is 12.4. The van der Waals surface area contributed by atoms with Gasteiger partial charge in [-0.3, -0.25) is 0 Å². The first-order valence-corrected chi connectivity index (χ1v) is 22.3. The lowest BCUT2D eigenvalue weighted by Crippen LogP contribution is -2.29. The summed E-state index contributed by atoms with van der Waals surface area (Å²) < 4.78 is 10.5. The fourth-order valence-corrected chi connectivity index (χ4v) is 9.10. The summed E-state index contributed by atoms with van der Waals surface area (Å²) in [5.74, 6) is 0.850. The van der Waals surface area contributed by atoms with E-state index in [1.54, 1.807) is 19.3 Å². The van der Waals surface area contributed by atoms with Crippen LogP contribution in [0.25, 0.3) is 77.2 Å². The number of para-hydroxylation sites is 3. The molecule has 0 aliphatic heterocycles. The third kappa shape index (κ3) is 8.30. The molecule has 0 fully saturated rings. The number of aromatic nitrogens is 2. The molecular weight excluding hydrogens is 791 g/mol. The van der Waals surface area contributed by atoms with Crippen molar-refractivity contribution in [2.45, 2.75) is 26.3 Å². The number of benzene rings is 8.